The Balaban J connectivity index is 1.77. The van der Waals surface area contributed by atoms with E-state index in [4.69, 9.17) is 0 Å². The standard InChI is InChI=1S/C25H22O3S/c1-18-7-9-19(10-8-18)22-13-16-24(25(17-22)20-5-3-2-4-6-20)21-11-14-23(15-12-21)29(26,27)28/h2-11,13-17,21H,12H2,1H3,(H,26,27,28). The molecule has 0 fully saturated rings. The molecule has 0 spiro atoms. The normalized spacial score (nSPS) is 16.5. The Bertz CT molecular complexity index is 1190. The minimum atomic E-state index is -4.17. The molecular weight excluding hydrogens is 380 g/mol. The van der Waals surface area contributed by atoms with Crippen molar-refractivity contribution in [2.45, 2.75) is 19.3 Å². The van der Waals surface area contributed by atoms with Gasteiger partial charge < -0.3 is 0 Å². The van der Waals surface area contributed by atoms with E-state index in [9.17, 15) is 13.0 Å². The molecule has 4 heteroatoms. The summed E-state index contributed by atoms with van der Waals surface area (Å²) in [5.41, 5.74) is 6.90. The van der Waals surface area contributed by atoms with Crippen LogP contribution in [0.2, 0.25) is 0 Å². The Morgan fingerprint density at radius 2 is 1.55 bits per heavy atom. The maximum absolute atomic E-state index is 11.4. The van der Waals surface area contributed by atoms with Gasteiger partial charge >= 0.3 is 0 Å². The number of hydrogen-bond acceptors (Lipinski definition) is 2. The number of hydrogen-bond donors (Lipinski definition) is 1. The monoisotopic (exact) mass is 402 g/mol. The summed E-state index contributed by atoms with van der Waals surface area (Å²) in [5.74, 6) is 0.0442. The molecule has 1 aliphatic rings. The molecule has 1 atom stereocenters. The molecule has 0 aromatic heterocycles. The molecule has 3 nitrogen and oxygen atoms in total. The average Bonchev–Trinajstić information content (AvgIpc) is 2.74. The second-order valence-electron chi connectivity index (χ2n) is 7.32. The topological polar surface area (TPSA) is 54.4 Å². The fourth-order valence-electron chi connectivity index (χ4n) is 3.70. The molecule has 3 aromatic rings. The van der Waals surface area contributed by atoms with Crippen LogP contribution in [0.4, 0.5) is 0 Å². The Kier molecular flexibility index (Phi) is 5.22. The Labute approximate surface area is 171 Å². The SMILES string of the molecule is Cc1ccc(-c2ccc(C3C=CC(S(=O)(=O)O)=CC3)c(-c3ccccc3)c2)cc1. The van der Waals surface area contributed by atoms with Gasteiger partial charge in [0.05, 0.1) is 4.91 Å². The summed E-state index contributed by atoms with van der Waals surface area (Å²) < 4.78 is 32.0. The number of rotatable bonds is 4. The van der Waals surface area contributed by atoms with Crippen molar-refractivity contribution in [3.05, 3.63) is 107 Å². The molecule has 29 heavy (non-hydrogen) atoms. The van der Waals surface area contributed by atoms with E-state index in [0.29, 0.717) is 6.42 Å². The van der Waals surface area contributed by atoms with Gasteiger partial charge in [-0.2, -0.15) is 8.42 Å². The van der Waals surface area contributed by atoms with E-state index < -0.39 is 10.1 Å². The molecule has 0 saturated heterocycles. The van der Waals surface area contributed by atoms with E-state index in [1.807, 2.05) is 24.3 Å². The molecule has 0 bridgehead atoms. The molecule has 1 N–H and O–H groups in total. The van der Waals surface area contributed by atoms with Gasteiger partial charge in [0.15, 0.2) is 0 Å². The van der Waals surface area contributed by atoms with Crippen molar-refractivity contribution in [3.8, 4) is 22.3 Å². The van der Waals surface area contributed by atoms with E-state index >= 15 is 0 Å². The summed E-state index contributed by atoms with van der Waals surface area (Å²) in [6.45, 7) is 2.08. The van der Waals surface area contributed by atoms with Gasteiger partial charge in [-0.05, 0) is 53.3 Å². The van der Waals surface area contributed by atoms with Crippen molar-refractivity contribution in [2.24, 2.45) is 0 Å². The summed E-state index contributed by atoms with van der Waals surface area (Å²) in [6, 6.07) is 25.1. The lowest BCUT2D eigenvalue weighted by molar-refractivity contribution is 0.491. The van der Waals surface area contributed by atoms with Crippen LogP contribution < -0.4 is 0 Å². The van der Waals surface area contributed by atoms with Crippen molar-refractivity contribution in [1.82, 2.24) is 0 Å². The zero-order valence-corrected chi connectivity index (χ0v) is 16.9. The molecule has 0 saturated carbocycles. The number of allylic oxidation sites excluding steroid dienone is 3. The first-order valence-corrected chi connectivity index (χ1v) is 11.0. The second-order valence-corrected chi connectivity index (χ2v) is 8.74. The van der Waals surface area contributed by atoms with E-state index in [-0.39, 0.29) is 10.8 Å². The molecule has 1 aliphatic carbocycles. The smallest absolute Gasteiger partial charge is 0.282 e. The first-order chi connectivity index (χ1) is 13.9. The van der Waals surface area contributed by atoms with Gasteiger partial charge in [-0.3, -0.25) is 4.55 Å². The van der Waals surface area contributed by atoms with E-state index in [2.05, 4.69) is 61.5 Å². The van der Waals surface area contributed by atoms with E-state index in [1.165, 1.54) is 11.6 Å². The van der Waals surface area contributed by atoms with Crippen LogP contribution in [0.5, 0.6) is 0 Å². The van der Waals surface area contributed by atoms with Crippen molar-refractivity contribution >= 4 is 10.1 Å². The van der Waals surface area contributed by atoms with Crippen molar-refractivity contribution in [2.75, 3.05) is 0 Å². The Morgan fingerprint density at radius 3 is 2.17 bits per heavy atom. The highest BCUT2D eigenvalue weighted by atomic mass is 32.2. The van der Waals surface area contributed by atoms with Gasteiger partial charge in [0.2, 0.25) is 0 Å². The maximum Gasteiger partial charge on any atom is 0.294 e. The molecule has 0 heterocycles. The number of benzene rings is 3. The second kappa shape index (κ2) is 7.82. The zero-order chi connectivity index (χ0) is 20.4. The van der Waals surface area contributed by atoms with E-state index in [1.54, 1.807) is 6.08 Å². The predicted octanol–water partition coefficient (Wildman–Crippen LogP) is 6.14. The largest absolute Gasteiger partial charge is 0.294 e. The highest BCUT2D eigenvalue weighted by Crippen LogP contribution is 2.37. The van der Waals surface area contributed by atoms with Crippen LogP contribution in [0.15, 0.2) is 95.9 Å². The van der Waals surface area contributed by atoms with Crippen LogP contribution in [-0.4, -0.2) is 13.0 Å². The predicted molar refractivity (Wildman–Crippen MR) is 118 cm³/mol. The quantitative estimate of drug-likeness (QED) is 0.533. The van der Waals surface area contributed by atoms with Crippen molar-refractivity contribution < 1.29 is 13.0 Å². The van der Waals surface area contributed by atoms with E-state index in [0.717, 1.165) is 27.8 Å². The van der Waals surface area contributed by atoms with Gasteiger partial charge in [-0.15, -0.1) is 0 Å². The summed E-state index contributed by atoms with van der Waals surface area (Å²) in [6.07, 6.45) is 5.46. The van der Waals surface area contributed by atoms with Crippen LogP contribution in [0, 0.1) is 6.92 Å². The highest BCUT2D eigenvalue weighted by Gasteiger charge is 2.20. The lowest BCUT2D eigenvalue weighted by Crippen LogP contribution is -2.06. The third-order valence-electron chi connectivity index (χ3n) is 5.29. The molecular formula is C25H22O3S. The zero-order valence-electron chi connectivity index (χ0n) is 16.1. The third kappa shape index (κ3) is 4.24. The first kappa shape index (κ1) is 19.4. The van der Waals surface area contributed by atoms with Gasteiger partial charge in [0.1, 0.15) is 0 Å². The van der Waals surface area contributed by atoms with Crippen LogP contribution in [-0.2, 0) is 10.1 Å². The Hall–Kier alpha value is -2.95. The van der Waals surface area contributed by atoms with Gasteiger partial charge in [0, 0.05) is 5.92 Å². The Morgan fingerprint density at radius 1 is 0.862 bits per heavy atom. The average molecular weight is 403 g/mol. The molecule has 0 radical (unpaired) electrons. The number of aryl methyl sites for hydroxylation is 1. The van der Waals surface area contributed by atoms with Crippen LogP contribution >= 0.6 is 0 Å². The lowest BCUT2D eigenvalue weighted by Gasteiger charge is -2.20. The summed E-state index contributed by atoms with van der Waals surface area (Å²) in [5, 5.41) is 0. The van der Waals surface area contributed by atoms with Gasteiger partial charge in [-0.25, -0.2) is 0 Å². The fraction of sp³-hybridized carbons (Fsp3) is 0.120. The molecule has 146 valence electrons. The molecule has 4 rings (SSSR count). The summed E-state index contributed by atoms with van der Waals surface area (Å²) in [4.78, 5) is -0.0358. The molecule has 1 unspecified atom stereocenters. The van der Waals surface area contributed by atoms with Gasteiger partial charge in [0.25, 0.3) is 10.1 Å². The minimum Gasteiger partial charge on any atom is -0.282 e. The highest BCUT2D eigenvalue weighted by molar-refractivity contribution is 7.90. The first-order valence-electron chi connectivity index (χ1n) is 9.54. The lowest BCUT2D eigenvalue weighted by atomic mass is 9.85. The van der Waals surface area contributed by atoms with Gasteiger partial charge in [-0.1, -0.05) is 84.4 Å². The maximum atomic E-state index is 11.4. The fourth-order valence-corrected chi connectivity index (χ4v) is 4.25. The van der Waals surface area contributed by atoms with Crippen molar-refractivity contribution in [1.29, 1.82) is 0 Å². The van der Waals surface area contributed by atoms with Crippen molar-refractivity contribution in [3.63, 3.8) is 0 Å². The third-order valence-corrected chi connectivity index (χ3v) is 6.18. The molecule has 0 aliphatic heterocycles. The molecule has 0 amide bonds. The van der Waals surface area contributed by atoms with Crippen LogP contribution in [0.3, 0.4) is 0 Å². The minimum absolute atomic E-state index is 0.0358. The van der Waals surface area contributed by atoms with Crippen LogP contribution in [0.25, 0.3) is 22.3 Å². The summed E-state index contributed by atoms with van der Waals surface area (Å²) in [7, 11) is -4.17. The summed E-state index contributed by atoms with van der Waals surface area (Å²) >= 11 is 0. The molecule has 3 aromatic carbocycles. The van der Waals surface area contributed by atoms with Crippen LogP contribution in [0.1, 0.15) is 23.5 Å².